The average molecular weight is 197 g/mol. The Morgan fingerprint density at radius 3 is 2.64 bits per heavy atom. The van der Waals surface area contributed by atoms with Crippen molar-refractivity contribution in [2.75, 3.05) is 13.1 Å². The zero-order valence-electron chi connectivity index (χ0n) is 8.97. The molecule has 1 heterocycles. The molecule has 1 aliphatic heterocycles. The van der Waals surface area contributed by atoms with E-state index in [1.54, 1.807) is 5.01 Å². The van der Waals surface area contributed by atoms with Crippen LogP contribution in [0.5, 0.6) is 0 Å². The molecule has 0 unspecified atom stereocenters. The van der Waals surface area contributed by atoms with Gasteiger partial charge in [0, 0.05) is 18.5 Å². The van der Waals surface area contributed by atoms with Gasteiger partial charge in [-0.25, -0.2) is 5.43 Å². The van der Waals surface area contributed by atoms with Crippen molar-refractivity contribution in [2.45, 2.75) is 38.6 Å². The van der Waals surface area contributed by atoms with E-state index in [0.29, 0.717) is 19.5 Å². The number of hydrogen-bond donors (Lipinski definition) is 2. The van der Waals surface area contributed by atoms with Crippen LogP contribution in [0.15, 0.2) is 0 Å². The van der Waals surface area contributed by atoms with Crippen molar-refractivity contribution in [1.29, 1.82) is 0 Å². The Hall–Kier alpha value is -0.610. The predicted molar refractivity (Wildman–Crippen MR) is 54.3 cm³/mol. The number of hydrazine groups is 1. The van der Waals surface area contributed by atoms with E-state index in [0.717, 1.165) is 12.8 Å². The molecule has 4 heteroatoms. The second-order valence-corrected chi connectivity index (χ2v) is 5.42. The number of hydrogen-bond acceptors (Lipinski definition) is 3. The highest BCUT2D eigenvalue weighted by molar-refractivity contribution is 5.80. The summed E-state index contributed by atoms with van der Waals surface area (Å²) in [5, 5.41) is 1.76. The van der Waals surface area contributed by atoms with Gasteiger partial charge in [0.25, 0.3) is 0 Å². The van der Waals surface area contributed by atoms with Crippen LogP contribution in [0.4, 0.5) is 0 Å². The van der Waals surface area contributed by atoms with Gasteiger partial charge in [0.2, 0.25) is 5.91 Å². The lowest BCUT2D eigenvalue weighted by molar-refractivity contribution is -0.130. The molecule has 1 aliphatic carbocycles. The largest absolute Gasteiger partial charge is 0.330 e. The maximum atomic E-state index is 11.6. The van der Waals surface area contributed by atoms with E-state index in [1.807, 2.05) is 0 Å². The topological polar surface area (TPSA) is 58.4 Å². The van der Waals surface area contributed by atoms with E-state index in [9.17, 15) is 4.79 Å². The second-order valence-electron chi connectivity index (χ2n) is 5.42. The predicted octanol–water partition coefficient (Wildman–Crippen LogP) is 0.241. The molecule has 0 aromatic rings. The first-order chi connectivity index (χ1) is 6.46. The number of carbonyl (C=O) groups excluding carboxylic acids is 1. The molecular weight excluding hydrogens is 178 g/mol. The number of nitrogens with one attached hydrogen (secondary N) is 1. The van der Waals surface area contributed by atoms with Crippen LogP contribution in [0.25, 0.3) is 0 Å². The Kier molecular flexibility index (Phi) is 2.08. The van der Waals surface area contributed by atoms with E-state index in [2.05, 4.69) is 19.3 Å². The SMILES string of the molecule is CC(C)(CN)CN1NC2(CC2)CC1=O. The Morgan fingerprint density at radius 1 is 1.57 bits per heavy atom. The molecular formula is C10H19N3O. The molecule has 2 aliphatic rings. The van der Waals surface area contributed by atoms with Gasteiger partial charge < -0.3 is 5.73 Å². The lowest BCUT2D eigenvalue weighted by atomic mass is 9.94. The Labute approximate surface area is 84.8 Å². The molecule has 1 saturated heterocycles. The fraction of sp³-hybridized carbons (Fsp3) is 0.900. The van der Waals surface area contributed by atoms with Crippen LogP contribution in [0, 0.1) is 5.41 Å². The number of nitrogens with two attached hydrogens (primary N) is 1. The first-order valence-corrected chi connectivity index (χ1v) is 5.25. The Balaban J connectivity index is 1.96. The van der Waals surface area contributed by atoms with Crippen molar-refractivity contribution in [3.8, 4) is 0 Å². The van der Waals surface area contributed by atoms with Gasteiger partial charge >= 0.3 is 0 Å². The summed E-state index contributed by atoms with van der Waals surface area (Å²) in [6.45, 7) is 5.48. The van der Waals surface area contributed by atoms with Gasteiger partial charge in [-0.05, 0) is 24.8 Å². The van der Waals surface area contributed by atoms with Gasteiger partial charge in [-0.1, -0.05) is 13.8 Å². The highest BCUT2D eigenvalue weighted by Crippen LogP contribution is 2.43. The summed E-state index contributed by atoms with van der Waals surface area (Å²) in [5.41, 5.74) is 9.10. The number of amides is 1. The molecule has 2 fully saturated rings. The third-order valence-electron chi connectivity index (χ3n) is 3.16. The monoisotopic (exact) mass is 197 g/mol. The van der Waals surface area contributed by atoms with E-state index >= 15 is 0 Å². The fourth-order valence-electron chi connectivity index (χ4n) is 1.83. The van der Waals surface area contributed by atoms with Gasteiger partial charge in [-0.3, -0.25) is 9.80 Å². The van der Waals surface area contributed by atoms with Crippen LogP contribution < -0.4 is 11.2 Å². The van der Waals surface area contributed by atoms with Gasteiger partial charge in [-0.15, -0.1) is 0 Å². The van der Waals surface area contributed by atoms with E-state index in [4.69, 9.17) is 5.73 Å². The molecule has 0 bridgehead atoms. The minimum atomic E-state index is 0.00306. The number of carbonyl (C=O) groups is 1. The molecule has 0 atom stereocenters. The van der Waals surface area contributed by atoms with Crippen LogP contribution in [0.1, 0.15) is 33.1 Å². The standard InChI is InChI=1S/C10H19N3O/c1-9(2,6-11)7-13-8(14)5-10(12-13)3-4-10/h12H,3-7,11H2,1-2H3. The summed E-state index contributed by atoms with van der Waals surface area (Å²) in [4.78, 5) is 11.6. The summed E-state index contributed by atoms with van der Waals surface area (Å²) in [7, 11) is 0. The zero-order valence-corrected chi connectivity index (χ0v) is 8.97. The quantitative estimate of drug-likeness (QED) is 0.681. The van der Waals surface area contributed by atoms with E-state index < -0.39 is 0 Å². The van der Waals surface area contributed by atoms with Gasteiger partial charge in [0.1, 0.15) is 0 Å². The van der Waals surface area contributed by atoms with Crippen LogP contribution in [0.3, 0.4) is 0 Å². The third kappa shape index (κ3) is 1.77. The van der Waals surface area contributed by atoms with Crippen molar-refractivity contribution < 1.29 is 4.79 Å². The fourth-order valence-corrected chi connectivity index (χ4v) is 1.83. The summed E-state index contributed by atoms with van der Waals surface area (Å²) in [5.74, 6) is 0.226. The van der Waals surface area contributed by atoms with Crippen molar-refractivity contribution in [3.05, 3.63) is 0 Å². The summed E-state index contributed by atoms with van der Waals surface area (Å²) >= 11 is 0. The average Bonchev–Trinajstić information content (AvgIpc) is 2.76. The molecule has 1 spiro atoms. The van der Waals surface area contributed by atoms with Crippen LogP contribution in [0.2, 0.25) is 0 Å². The zero-order chi connectivity index (χ0) is 10.4. The summed E-state index contributed by atoms with van der Waals surface area (Å²) in [6, 6.07) is 0. The van der Waals surface area contributed by atoms with Crippen LogP contribution >= 0.6 is 0 Å². The van der Waals surface area contributed by atoms with E-state index in [-0.39, 0.29) is 16.9 Å². The van der Waals surface area contributed by atoms with Crippen molar-refractivity contribution >= 4 is 5.91 Å². The van der Waals surface area contributed by atoms with Gasteiger partial charge in [0.15, 0.2) is 0 Å². The minimum Gasteiger partial charge on any atom is -0.330 e. The van der Waals surface area contributed by atoms with Crippen LogP contribution in [-0.4, -0.2) is 29.5 Å². The Morgan fingerprint density at radius 2 is 2.21 bits per heavy atom. The lowest BCUT2D eigenvalue weighted by Crippen LogP contribution is -2.46. The van der Waals surface area contributed by atoms with Gasteiger partial charge in [0.05, 0.1) is 0 Å². The molecule has 14 heavy (non-hydrogen) atoms. The highest BCUT2D eigenvalue weighted by Gasteiger charge is 2.52. The summed E-state index contributed by atoms with van der Waals surface area (Å²) in [6.07, 6.45) is 2.95. The number of rotatable bonds is 3. The molecule has 0 aromatic heterocycles. The minimum absolute atomic E-state index is 0.00306. The first-order valence-electron chi connectivity index (χ1n) is 5.25. The first kappa shape index (κ1) is 9.93. The van der Waals surface area contributed by atoms with Crippen molar-refractivity contribution in [2.24, 2.45) is 11.1 Å². The molecule has 1 amide bonds. The second kappa shape index (κ2) is 2.94. The maximum absolute atomic E-state index is 11.6. The molecule has 80 valence electrons. The molecule has 4 nitrogen and oxygen atoms in total. The molecule has 1 saturated carbocycles. The van der Waals surface area contributed by atoms with Crippen molar-refractivity contribution in [1.82, 2.24) is 10.4 Å². The normalized spacial score (nSPS) is 24.8. The molecule has 3 N–H and O–H groups in total. The summed E-state index contributed by atoms with van der Waals surface area (Å²) < 4.78 is 0. The smallest absolute Gasteiger partial charge is 0.238 e. The maximum Gasteiger partial charge on any atom is 0.238 e. The van der Waals surface area contributed by atoms with Crippen molar-refractivity contribution in [3.63, 3.8) is 0 Å². The molecule has 0 radical (unpaired) electrons. The highest BCUT2D eigenvalue weighted by atomic mass is 16.2. The lowest BCUT2D eigenvalue weighted by Gasteiger charge is -2.29. The third-order valence-corrected chi connectivity index (χ3v) is 3.16. The number of nitrogens with zero attached hydrogens (tertiary/aromatic N) is 1. The van der Waals surface area contributed by atoms with Gasteiger partial charge in [-0.2, -0.15) is 0 Å². The Bertz CT molecular complexity index is 258. The molecule has 0 aromatic carbocycles. The molecule has 2 rings (SSSR count). The van der Waals surface area contributed by atoms with Crippen LogP contribution in [-0.2, 0) is 4.79 Å². The van der Waals surface area contributed by atoms with E-state index in [1.165, 1.54) is 0 Å².